The maximum absolute atomic E-state index is 11.3. The Morgan fingerprint density at radius 2 is 1.58 bits per heavy atom. The summed E-state index contributed by atoms with van der Waals surface area (Å²) in [5.74, 6) is -0.362. The van der Waals surface area contributed by atoms with Crippen molar-refractivity contribution in [1.82, 2.24) is 0 Å². The van der Waals surface area contributed by atoms with Gasteiger partial charge in [-0.05, 0) is 13.8 Å². The van der Waals surface area contributed by atoms with E-state index in [-0.39, 0.29) is 36.5 Å². The number of alkyl halides is 1. The molecule has 0 aliphatic carbocycles. The van der Waals surface area contributed by atoms with Crippen LogP contribution in [0.15, 0.2) is 0 Å². The van der Waals surface area contributed by atoms with E-state index in [4.69, 9.17) is 40.0 Å². The molecule has 0 radical (unpaired) electrons. The van der Waals surface area contributed by atoms with Crippen LogP contribution in [0.4, 0.5) is 0 Å². The van der Waals surface area contributed by atoms with Crippen molar-refractivity contribution in [3.8, 4) is 0 Å². The predicted molar refractivity (Wildman–Crippen MR) is 85.8 cm³/mol. The Kier molecular flexibility index (Phi) is 7.27. The number of esters is 1. The van der Waals surface area contributed by atoms with Crippen molar-refractivity contribution >= 4 is 17.6 Å². The molecule has 2 rings (SSSR count). The number of ether oxygens (including phenoxy) is 6. The van der Waals surface area contributed by atoms with Crippen LogP contribution in [-0.2, 0) is 33.2 Å². The Balaban J connectivity index is 2.01. The Morgan fingerprint density at radius 3 is 2.17 bits per heavy atom. The minimum absolute atomic E-state index is 0.178. The molecule has 8 atom stereocenters. The molecule has 0 spiro atoms. The first-order valence-electron chi connectivity index (χ1n) is 8.19. The van der Waals surface area contributed by atoms with Crippen molar-refractivity contribution in [2.45, 2.75) is 82.1 Å². The molecule has 2 saturated heterocycles. The lowest BCUT2D eigenvalue weighted by Gasteiger charge is -2.43. The molecule has 0 aromatic carbocycles. The second-order valence-electron chi connectivity index (χ2n) is 6.22. The van der Waals surface area contributed by atoms with E-state index in [0.717, 1.165) is 0 Å². The van der Waals surface area contributed by atoms with Crippen LogP contribution in [0.3, 0.4) is 0 Å². The van der Waals surface area contributed by atoms with Gasteiger partial charge in [0.2, 0.25) is 0 Å². The molecule has 140 valence electrons. The molecule has 1 unspecified atom stereocenters. The molecule has 2 fully saturated rings. The quantitative estimate of drug-likeness (QED) is 0.543. The Hall–Kier alpha value is -0.440. The summed E-state index contributed by atoms with van der Waals surface area (Å²) in [7, 11) is 3.21. The maximum Gasteiger partial charge on any atom is 0.303 e. The van der Waals surface area contributed by atoms with Crippen LogP contribution in [0.25, 0.3) is 0 Å². The first kappa shape index (κ1) is 19.9. The fraction of sp³-hybridized carbons (Fsp3) is 0.938. The highest BCUT2D eigenvalue weighted by Gasteiger charge is 2.43. The lowest BCUT2D eigenvalue weighted by atomic mass is 10.0. The third-order valence-corrected chi connectivity index (χ3v) is 4.73. The zero-order valence-corrected chi connectivity index (χ0v) is 15.5. The highest BCUT2D eigenvalue weighted by atomic mass is 35.5. The molecule has 2 aliphatic heterocycles. The van der Waals surface area contributed by atoms with Crippen LogP contribution in [0.2, 0.25) is 0 Å². The van der Waals surface area contributed by atoms with Gasteiger partial charge in [0.05, 0.1) is 18.3 Å². The van der Waals surface area contributed by atoms with Crippen LogP contribution in [0.1, 0.15) is 33.6 Å². The fourth-order valence-electron chi connectivity index (χ4n) is 3.27. The van der Waals surface area contributed by atoms with Crippen molar-refractivity contribution in [2.75, 3.05) is 14.2 Å². The van der Waals surface area contributed by atoms with Gasteiger partial charge >= 0.3 is 5.97 Å². The third kappa shape index (κ3) is 4.80. The van der Waals surface area contributed by atoms with Gasteiger partial charge in [-0.3, -0.25) is 4.79 Å². The second-order valence-corrected chi connectivity index (χ2v) is 6.70. The molecule has 24 heavy (non-hydrogen) atoms. The van der Waals surface area contributed by atoms with Gasteiger partial charge in [0.25, 0.3) is 0 Å². The van der Waals surface area contributed by atoms with Gasteiger partial charge in [0.15, 0.2) is 12.4 Å². The largest absolute Gasteiger partial charge is 0.457 e. The lowest BCUT2D eigenvalue weighted by Crippen LogP contribution is -2.54. The smallest absolute Gasteiger partial charge is 0.303 e. The van der Waals surface area contributed by atoms with E-state index in [9.17, 15) is 4.79 Å². The topological polar surface area (TPSA) is 72.5 Å². The Morgan fingerprint density at radius 1 is 1.00 bits per heavy atom. The van der Waals surface area contributed by atoms with Crippen LogP contribution >= 0.6 is 11.6 Å². The molecule has 8 heteroatoms. The molecular formula is C16H27ClO7. The van der Waals surface area contributed by atoms with Gasteiger partial charge in [-0.1, -0.05) is 11.6 Å². The highest BCUT2D eigenvalue weighted by molar-refractivity contribution is 6.19. The van der Waals surface area contributed by atoms with Crippen LogP contribution in [0.5, 0.6) is 0 Å². The average Bonchev–Trinajstić information content (AvgIpc) is 2.51. The number of carbonyl (C=O) groups excluding carboxylic acids is 1. The predicted octanol–water partition coefficient (Wildman–Crippen LogP) is 1.84. The van der Waals surface area contributed by atoms with Gasteiger partial charge < -0.3 is 28.4 Å². The molecule has 0 aromatic rings. The number of hydrogen-bond acceptors (Lipinski definition) is 7. The zero-order valence-electron chi connectivity index (χ0n) is 14.8. The zero-order chi connectivity index (χ0) is 17.9. The number of rotatable bonds is 5. The summed E-state index contributed by atoms with van der Waals surface area (Å²) in [4.78, 5) is 11.3. The molecule has 0 bridgehead atoms. The summed E-state index contributed by atoms with van der Waals surface area (Å²) in [6.45, 7) is 5.10. The lowest BCUT2D eigenvalue weighted by molar-refractivity contribution is -0.294. The van der Waals surface area contributed by atoms with Gasteiger partial charge in [-0.2, -0.15) is 0 Å². The molecule has 2 aliphatic rings. The Bertz CT molecular complexity index is 421. The van der Waals surface area contributed by atoms with E-state index < -0.39 is 18.0 Å². The van der Waals surface area contributed by atoms with Crippen molar-refractivity contribution < 1.29 is 33.2 Å². The minimum atomic E-state index is -0.502. The van der Waals surface area contributed by atoms with E-state index >= 15 is 0 Å². The normalized spacial score (nSPS) is 43.4. The van der Waals surface area contributed by atoms with Crippen LogP contribution in [0, 0.1) is 0 Å². The summed E-state index contributed by atoms with van der Waals surface area (Å²) >= 11 is 6.07. The molecular weight excluding hydrogens is 340 g/mol. The van der Waals surface area contributed by atoms with Crippen molar-refractivity contribution in [3.05, 3.63) is 0 Å². The summed E-state index contributed by atoms with van der Waals surface area (Å²) in [5, 5.41) is 0. The molecule has 0 aromatic heterocycles. The third-order valence-electron chi connectivity index (χ3n) is 4.45. The monoisotopic (exact) mass is 366 g/mol. The number of carbonyl (C=O) groups is 1. The first-order valence-corrected chi connectivity index (χ1v) is 8.62. The molecule has 0 N–H and O–H groups in total. The maximum atomic E-state index is 11.3. The molecule has 2 heterocycles. The standard InChI is InChI=1S/C16H27ClO7/c1-8-16(11(19-4)6-13(17)21-8)24-14-7-12(20-5)15(9(2)22-14)23-10(3)18/h8-9,11-16H,6-7H2,1-5H3/t8-,9-,11-,12-,13?,14+,15+,16+/m0/s1. The molecule has 0 saturated carbocycles. The SMILES string of the molecule is CO[C@H]1CC(Cl)O[C@@H](C)[C@H]1O[C@@H]1C[C@H](OC)[C@H](OC(C)=O)[C@H](C)O1. The van der Waals surface area contributed by atoms with E-state index in [1.807, 2.05) is 13.8 Å². The number of methoxy groups -OCH3 is 2. The van der Waals surface area contributed by atoms with Gasteiger partial charge in [-0.15, -0.1) is 0 Å². The van der Waals surface area contributed by atoms with E-state index in [1.165, 1.54) is 6.92 Å². The van der Waals surface area contributed by atoms with Crippen molar-refractivity contribution in [1.29, 1.82) is 0 Å². The Labute approximate surface area is 147 Å². The van der Waals surface area contributed by atoms with E-state index in [2.05, 4.69) is 0 Å². The first-order chi connectivity index (χ1) is 11.3. The number of hydrogen-bond donors (Lipinski definition) is 0. The van der Waals surface area contributed by atoms with Crippen molar-refractivity contribution in [3.63, 3.8) is 0 Å². The van der Waals surface area contributed by atoms with E-state index in [1.54, 1.807) is 14.2 Å². The second kappa shape index (κ2) is 8.78. The summed E-state index contributed by atoms with van der Waals surface area (Å²) < 4.78 is 33.9. The molecule has 7 nitrogen and oxygen atoms in total. The van der Waals surface area contributed by atoms with Gasteiger partial charge in [0, 0.05) is 34.0 Å². The fourth-order valence-corrected chi connectivity index (χ4v) is 3.61. The van der Waals surface area contributed by atoms with Gasteiger partial charge in [0.1, 0.15) is 17.8 Å². The van der Waals surface area contributed by atoms with Crippen LogP contribution < -0.4 is 0 Å². The molecule has 0 amide bonds. The highest BCUT2D eigenvalue weighted by Crippen LogP contribution is 2.31. The summed E-state index contributed by atoms with van der Waals surface area (Å²) in [5.41, 5.74) is -0.393. The summed E-state index contributed by atoms with van der Waals surface area (Å²) in [6.07, 6.45) is -1.33. The average molecular weight is 367 g/mol. The van der Waals surface area contributed by atoms with E-state index in [0.29, 0.717) is 12.8 Å². The van der Waals surface area contributed by atoms with Gasteiger partial charge in [-0.25, -0.2) is 0 Å². The number of halogens is 1. The van der Waals surface area contributed by atoms with Crippen LogP contribution in [-0.4, -0.2) is 68.7 Å². The van der Waals surface area contributed by atoms with Crippen molar-refractivity contribution in [2.24, 2.45) is 0 Å². The summed E-state index contributed by atoms with van der Waals surface area (Å²) in [6, 6.07) is 0. The minimum Gasteiger partial charge on any atom is -0.457 e.